The second-order valence-corrected chi connectivity index (χ2v) is 11.8. The van der Waals surface area contributed by atoms with Crippen LogP contribution in [0, 0.1) is 3.57 Å². The van der Waals surface area contributed by atoms with Gasteiger partial charge in [0, 0.05) is 5.69 Å². The van der Waals surface area contributed by atoms with E-state index in [4.69, 9.17) is 24.3 Å². The number of fused-ring (bicyclic) bond motifs is 1. The third kappa shape index (κ3) is 6.55. The van der Waals surface area contributed by atoms with E-state index < -0.39 is 18.6 Å². The number of amides is 1. The van der Waals surface area contributed by atoms with Gasteiger partial charge in [-0.2, -0.15) is 0 Å². The first kappa shape index (κ1) is 31.0. The zero-order chi connectivity index (χ0) is 31.4. The van der Waals surface area contributed by atoms with Crippen LogP contribution >= 0.6 is 33.9 Å². The van der Waals surface area contributed by atoms with Crippen molar-refractivity contribution in [2.45, 2.75) is 19.9 Å². The molecule has 1 aliphatic heterocycles. The topological polar surface area (TPSA) is 128 Å². The van der Waals surface area contributed by atoms with Crippen molar-refractivity contribution in [3.63, 3.8) is 0 Å². The molecule has 0 saturated heterocycles. The molecule has 1 aliphatic rings. The SMILES string of the molecule is CCOc1ccc([C@H]2C(C(=O)Nc3ccccc3)=C(C)N=c3s/c(=C\c4cc(I)c(OCC(=O)O)c(OC)c4)c(=O)n32)cc1. The summed E-state index contributed by atoms with van der Waals surface area (Å²) < 4.78 is 19.0. The number of hydrogen-bond acceptors (Lipinski definition) is 8. The Bertz CT molecular complexity index is 1930. The molecule has 0 spiro atoms. The van der Waals surface area contributed by atoms with Gasteiger partial charge in [0.1, 0.15) is 5.75 Å². The van der Waals surface area contributed by atoms with Gasteiger partial charge in [-0.25, -0.2) is 9.79 Å². The summed E-state index contributed by atoms with van der Waals surface area (Å²) >= 11 is 3.24. The van der Waals surface area contributed by atoms with Gasteiger partial charge in [-0.05, 0) is 90.0 Å². The zero-order valence-corrected chi connectivity index (χ0v) is 27.0. The molecule has 0 aliphatic carbocycles. The standard InChI is InChI=1S/C32H28IN3O7S/c1-4-42-22-12-10-20(11-13-22)28-27(30(39)35-21-8-6-5-7-9-21)18(2)34-32-36(28)31(40)25(44-32)16-19-14-23(33)29(24(15-19)41-3)43-17-26(37)38/h5-16,28H,4,17H2,1-3H3,(H,35,39)(H,37,38)/b25-16-/t28-/m0/s1. The van der Waals surface area contributed by atoms with Crippen molar-refractivity contribution >= 4 is 57.6 Å². The van der Waals surface area contributed by atoms with E-state index >= 15 is 0 Å². The van der Waals surface area contributed by atoms with Crippen LogP contribution in [0.2, 0.25) is 0 Å². The summed E-state index contributed by atoms with van der Waals surface area (Å²) in [5.41, 5.74) is 2.54. The van der Waals surface area contributed by atoms with Gasteiger partial charge in [-0.3, -0.25) is 14.2 Å². The fraction of sp³-hybridized carbons (Fsp3) is 0.188. The van der Waals surface area contributed by atoms with E-state index in [0.29, 0.717) is 59.3 Å². The normalized spacial score (nSPS) is 14.5. The van der Waals surface area contributed by atoms with Gasteiger partial charge in [0.05, 0.1) is 39.1 Å². The molecule has 4 aromatic rings. The maximum Gasteiger partial charge on any atom is 0.341 e. The molecule has 1 atom stereocenters. The maximum absolute atomic E-state index is 14.1. The maximum atomic E-state index is 14.1. The van der Waals surface area contributed by atoms with Crippen LogP contribution in [0.3, 0.4) is 0 Å². The number of carboxylic acid groups (broad SMARTS) is 1. The summed E-state index contributed by atoms with van der Waals surface area (Å²) in [6.07, 6.45) is 1.72. The van der Waals surface area contributed by atoms with Crippen molar-refractivity contribution in [3.05, 3.63) is 112 Å². The van der Waals surface area contributed by atoms with E-state index in [-0.39, 0.29) is 11.5 Å². The number of carbonyl (C=O) groups excluding carboxylic acids is 1. The molecule has 0 saturated carbocycles. The van der Waals surface area contributed by atoms with Gasteiger partial charge in [-0.1, -0.05) is 41.7 Å². The van der Waals surface area contributed by atoms with E-state index in [1.54, 1.807) is 41.8 Å². The molecule has 0 fully saturated rings. The highest BCUT2D eigenvalue weighted by Gasteiger charge is 2.32. The number of benzene rings is 3. The van der Waals surface area contributed by atoms with Crippen LogP contribution in [0.1, 0.15) is 31.0 Å². The van der Waals surface area contributed by atoms with Gasteiger partial charge >= 0.3 is 5.97 Å². The number of allylic oxidation sites excluding steroid dienone is 1. The smallest absolute Gasteiger partial charge is 0.341 e. The van der Waals surface area contributed by atoms with E-state index in [0.717, 1.165) is 5.56 Å². The van der Waals surface area contributed by atoms with Gasteiger partial charge in [-0.15, -0.1) is 0 Å². The molecule has 5 rings (SSSR count). The summed E-state index contributed by atoms with van der Waals surface area (Å²) in [7, 11) is 1.46. The molecule has 2 heterocycles. The molecule has 2 N–H and O–H groups in total. The number of ether oxygens (including phenoxy) is 3. The number of nitrogens with zero attached hydrogens (tertiary/aromatic N) is 2. The number of aliphatic carboxylic acids is 1. The van der Waals surface area contributed by atoms with Gasteiger partial charge in [0.25, 0.3) is 11.5 Å². The van der Waals surface area contributed by atoms with Crippen molar-refractivity contribution in [1.29, 1.82) is 0 Å². The third-order valence-electron chi connectivity index (χ3n) is 6.69. The van der Waals surface area contributed by atoms with Gasteiger partial charge in [0.2, 0.25) is 0 Å². The fourth-order valence-corrected chi connectivity index (χ4v) is 6.64. The Labute approximate surface area is 270 Å². The van der Waals surface area contributed by atoms with Crippen LogP contribution in [-0.2, 0) is 9.59 Å². The first-order valence-electron chi connectivity index (χ1n) is 13.5. The molecule has 3 aromatic carbocycles. The molecule has 12 heteroatoms. The molecule has 1 aromatic heterocycles. The Morgan fingerprint density at radius 2 is 1.84 bits per heavy atom. The summed E-state index contributed by atoms with van der Waals surface area (Å²) in [6.45, 7) is 3.66. The monoisotopic (exact) mass is 725 g/mol. The summed E-state index contributed by atoms with van der Waals surface area (Å²) in [5, 5.41) is 12.0. The number of nitrogens with one attached hydrogen (secondary N) is 1. The first-order valence-corrected chi connectivity index (χ1v) is 15.4. The molecule has 226 valence electrons. The average molecular weight is 726 g/mol. The van der Waals surface area contributed by atoms with Crippen LogP contribution in [0.5, 0.6) is 17.2 Å². The van der Waals surface area contributed by atoms with Crippen LogP contribution in [0.25, 0.3) is 6.08 Å². The number of hydrogen-bond donors (Lipinski definition) is 2. The van der Waals surface area contributed by atoms with Crippen molar-refractivity contribution in [2.24, 2.45) is 4.99 Å². The Morgan fingerprint density at radius 3 is 2.50 bits per heavy atom. The Kier molecular flexibility index (Phi) is 9.49. The largest absolute Gasteiger partial charge is 0.494 e. The fourth-order valence-electron chi connectivity index (χ4n) is 4.81. The lowest BCUT2D eigenvalue weighted by atomic mass is 9.95. The summed E-state index contributed by atoms with van der Waals surface area (Å²) in [4.78, 5) is 44.0. The lowest BCUT2D eigenvalue weighted by Gasteiger charge is -2.25. The van der Waals surface area contributed by atoms with Crippen molar-refractivity contribution in [3.8, 4) is 17.2 Å². The number of rotatable bonds is 10. The molecule has 0 unspecified atom stereocenters. The second kappa shape index (κ2) is 13.5. The molecule has 1 amide bonds. The molecule has 10 nitrogen and oxygen atoms in total. The number of aromatic nitrogens is 1. The minimum absolute atomic E-state index is 0.300. The van der Waals surface area contributed by atoms with Crippen LogP contribution in [-0.4, -0.2) is 41.9 Å². The number of anilines is 1. The Hall–Kier alpha value is -4.43. The minimum Gasteiger partial charge on any atom is -0.494 e. The predicted octanol–water partition coefficient (Wildman–Crippen LogP) is 4.35. The highest BCUT2D eigenvalue weighted by molar-refractivity contribution is 14.1. The minimum atomic E-state index is -1.11. The van der Waals surface area contributed by atoms with Crippen LogP contribution in [0.15, 0.2) is 87.8 Å². The van der Waals surface area contributed by atoms with Gasteiger partial charge in [0.15, 0.2) is 22.9 Å². The predicted molar refractivity (Wildman–Crippen MR) is 175 cm³/mol. The van der Waals surface area contributed by atoms with Crippen LogP contribution < -0.4 is 34.4 Å². The summed E-state index contributed by atoms with van der Waals surface area (Å²) in [5.74, 6) is -0.155. The number of thiazole rings is 1. The second-order valence-electron chi connectivity index (χ2n) is 9.62. The van der Waals surface area contributed by atoms with E-state index in [2.05, 4.69) is 5.32 Å². The van der Waals surface area contributed by atoms with E-state index in [1.807, 2.05) is 72.0 Å². The van der Waals surface area contributed by atoms with Crippen LogP contribution in [0.4, 0.5) is 5.69 Å². The zero-order valence-electron chi connectivity index (χ0n) is 24.0. The van der Waals surface area contributed by atoms with Crippen molar-refractivity contribution < 1.29 is 28.9 Å². The Morgan fingerprint density at radius 1 is 1.11 bits per heavy atom. The molecule has 44 heavy (non-hydrogen) atoms. The lowest BCUT2D eigenvalue weighted by molar-refractivity contribution is -0.139. The van der Waals surface area contributed by atoms with E-state index in [9.17, 15) is 14.4 Å². The highest BCUT2D eigenvalue weighted by atomic mass is 127. The number of carboxylic acids is 1. The van der Waals surface area contributed by atoms with Crippen molar-refractivity contribution in [2.75, 3.05) is 25.6 Å². The molecule has 0 bridgehead atoms. The highest BCUT2D eigenvalue weighted by Crippen LogP contribution is 2.35. The number of para-hydroxylation sites is 1. The lowest BCUT2D eigenvalue weighted by Crippen LogP contribution is -2.40. The van der Waals surface area contributed by atoms with Crippen molar-refractivity contribution in [1.82, 2.24) is 4.57 Å². The number of methoxy groups -OCH3 is 1. The Balaban J connectivity index is 1.62. The molecular formula is C32H28IN3O7S. The number of halogens is 1. The van der Waals surface area contributed by atoms with Gasteiger partial charge < -0.3 is 24.6 Å². The quantitative estimate of drug-likeness (QED) is 0.233. The molecule has 0 radical (unpaired) electrons. The number of carbonyl (C=O) groups is 2. The average Bonchev–Trinajstić information content (AvgIpc) is 3.30. The first-order chi connectivity index (χ1) is 21.2. The third-order valence-corrected chi connectivity index (χ3v) is 8.48. The molecular weight excluding hydrogens is 697 g/mol. The van der Waals surface area contributed by atoms with E-state index in [1.165, 1.54) is 18.4 Å². The summed E-state index contributed by atoms with van der Waals surface area (Å²) in [6, 6.07) is 19.2.